The van der Waals surface area contributed by atoms with Crippen molar-refractivity contribution in [3.8, 4) is 5.75 Å². The smallest absolute Gasteiger partial charge is 0.404 e. The average molecular weight is 364 g/mol. The number of rotatable bonds is 4. The molecule has 2 aromatic carbocycles. The number of nitrogens with two attached hydrogens (primary N) is 1. The van der Waals surface area contributed by atoms with E-state index in [-0.39, 0.29) is 12.2 Å². The summed E-state index contributed by atoms with van der Waals surface area (Å²) in [4.78, 5) is 0. The normalized spacial score (nSPS) is 12.4. The number of hydrogen-bond donors (Lipinski definition) is 3. The Hall–Kier alpha value is -2.58. The van der Waals surface area contributed by atoms with Crippen LogP contribution in [0.3, 0.4) is 0 Å². The third-order valence-corrected chi connectivity index (χ3v) is 3.47. The molecular weight excluding hydrogens is 350 g/mol. The number of nitrogens with one attached hydrogen (secondary N) is 1. The van der Waals surface area contributed by atoms with E-state index in [1.807, 2.05) is 0 Å². The Labute approximate surface area is 139 Å². The first-order chi connectivity index (χ1) is 11.5. The van der Waals surface area contributed by atoms with E-state index in [9.17, 15) is 31.4 Å². The highest BCUT2D eigenvalue weighted by Gasteiger charge is 2.57. The van der Waals surface area contributed by atoms with Gasteiger partial charge in [0.05, 0.1) is 5.69 Å². The van der Waals surface area contributed by atoms with Crippen LogP contribution in [-0.4, -0.2) is 17.5 Å². The Kier molecular flexibility index (Phi) is 5.05. The maximum atomic E-state index is 12.8. The van der Waals surface area contributed by atoms with E-state index >= 15 is 0 Å². The molecule has 0 spiro atoms. The third kappa shape index (κ3) is 4.71. The van der Waals surface area contributed by atoms with Crippen molar-refractivity contribution >= 4 is 11.4 Å². The molecule has 0 aliphatic carbocycles. The standard InChI is InChI=1S/C16H14F6N2O/c17-15(18,19)14(16(20,21)22)10-3-6-13(25)12(7-10)24-8-9-1-4-11(23)5-2-9/h1-7,14,24-25H,8,23H2. The second-order valence-electron chi connectivity index (χ2n) is 5.39. The SMILES string of the molecule is Nc1ccc(CNc2cc(C(C(F)(F)F)C(F)(F)F)ccc2O)cc1. The number of phenols is 1. The van der Waals surface area contributed by atoms with Gasteiger partial charge >= 0.3 is 12.4 Å². The molecule has 0 amide bonds. The number of aromatic hydroxyl groups is 1. The molecule has 0 bridgehead atoms. The van der Waals surface area contributed by atoms with Crippen LogP contribution >= 0.6 is 0 Å². The molecule has 3 nitrogen and oxygen atoms in total. The minimum atomic E-state index is -5.50. The summed E-state index contributed by atoms with van der Waals surface area (Å²) in [7, 11) is 0. The van der Waals surface area contributed by atoms with Gasteiger partial charge in [-0.1, -0.05) is 18.2 Å². The molecule has 0 atom stereocenters. The summed E-state index contributed by atoms with van der Waals surface area (Å²) >= 11 is 0. The van der Waals surface area contributed by atoms with Gasteiger partial charge < -0.3 is 16.2 Å². The van der Waals surface area contributed by atoms with Crippen LogP contribution in [0.2, 0.25) is 0 Å². The van der Waals surface area contributed by atoms with E-state index in [0.717, 1.165) is 6.07 Å². The van der Waals surface area contributed by atoms with Crippen molar-refractivity contribution in [3.05, 3.63) is 53.6 Å². The lowest BCUT2D eigenvalue weighted by Gasteiger charge is -2.24. The number of hydrogen-bond acceptors (Lipinski definition) is 3. The first kappa shape index (κ1) is 18.8. The number of benzene rings is 2. The zero-order valence-corrected chi connectivity index (χ0v) is 12.6. The highest BCUT2D eigenvalue weighted by atomic mass is 19.4. The van der Waals surface area contributed by atoms with Crippen molar-refractivity contribution in [1.82, 2.24) is 0 Å². The highest BCUT2D eigenvalue weighted by molar-refractivity contribution is 5.58. The van der Waals surface area contributed by atoms with Crippen molar-refractivity contribution in [1.29, 1.82) is 0 Å². The minimum Gasteiger partial charge on any atom is -0.506 e. The van der Waals surface area contributed by atoms with Crippen molar-refractivity contribution < 1.29 is 31.4 Å². The second kappa shape index (κ2) is 6.73. The molecule has 0 unspecified atom stereocenters. The molecule has 2 rings (SSSR count). The van der Waals surface area contributed by atoms with Gasteiger partial charge in [-0.2, -0.15) is 26.3 Å². The number of phenolic OH excluding ortho intramolecular Hbond substituents is 1. The molecule has 0 fully saturated rings. The molecule has 0 aliphatic rings. The summed E-state index contributed by atoms with van der Waals surface area (Å²) < 4.78 is 76.8. The van der Waals surface area contributed by atoms with Crippen LogP contribution in [0.1, 0.15) is 17.0 Å². The third-order valence-electron chi connectivity index (χ3n) is 3.47. The molecule has 0 saturated carbocycles. The highest BCUT2D eigenvalue weighted by Crippen LogP contribution is 2.47. The summed E-state index contributed by atoms with van der Waals surface area (Å²) in [5.74, 6) is -4.08. The molecule has 25 heavy (non-hydrogen) atoms. The molecule has 0 heterocycles. The van der Waals surface area contributed by atoms with E-state index in [4.69, 9.17) is 5.73 Å². The van der Waals surface area contributed by atoms with Crippen LogP contribution < -0.4 is 11.1 Å². The number of anilines is 2. The first-order valence-corrected chi connectivity index (χ1v) is 7.03. The number of alkyl halides is 6. The fourth-order valence-electron chi connectivity index (χ4n) is 2.27. The Morgan fingerprint density at radius 1 is 0.920 bits per heavy atom. The molecule has 0 radical (unpaired) electrons. The molecule has 4 N–H and O–H groups in total. The zero-order valence-electron chi connectivity index (χ0n) is 12.6. The Morgan fingerprint density at radius 2 is 1.48 bits per heavy atom. The average Bonchev–Trinajstić information content (AvgIpc) is 2.46. The largest absolute Gasteiger partial charge is 0.506 e. The van der Waals surface area contributed by atoms with Crippen LogP contribution in [0.4, 0.5) is 37.7 Å². The molecule has 9 heteroatoms. The maximum Gasteiger partial charge on any atom is 0.404 e. The van der Waals surface area contributed by atoms with Gasteiger partial charge in [0.15, 0.2) is 5.92 Å². The van der Waals surface area contributed by atoms with Gasteiger partial charge in [-0.05, 0) is 35.4 Å². The van der Waals surface area contributed by atoms with Crippen molar-refractivity contribution in [2.45, 2.75) is 24.8 Å². The lowest BCUT2D eigenvalue weighted by Crippen LogP contribution is -2.34. The van der Waals surface area contributed by atoms with Crippen molar-refractivity contribution in [2.75, 3.05) is 11.1 Å². The fourth-order valence-corrected chi connectivity index (χ4v) is 2.27. The summed E-state index contributed by atoms with van der Waals surface area (Å²) in [5.41, 5.74) is 5.48. The lowest BCUT2D eigenvalue weighted by atomic mass is 9.97. The Bertz CT molecular complexity index is 711. The summed E-state index contributed by atoms with van der Waals surface area (Å²) in [6.45, 7) is 0.0833. The minimum absolute atomic E-state index is 0.0833. The van der Waals surface area contributed by atoms with Crippen LogP contribution in [-0.2, 0) is 6.54 Å². The summed E-state index contributed by atoms with van der Waals surface area (Å²) in [6.07, 6.45) is -11.0. The number of halogens is 6. The second-order valence-corrected chi connectivity index (χ2v) is 5.39. The molecule has 136 valence electrons. The van der Waals surface area contributed by atoms with Crippen molar-refractivity contribution in [2.24, 2.45) is 0 Å². The van der Waals surface area contributed by atoms with Gasteiger partial charge in [0.2, 0.25) is 0 Å². The van der Waals surface area contributed by atoms with Gasteiger partial charge in [0.1, 0.15) is 5.75 Å². The van der Waals surface area contributed by atoms with E-state index < -0.39 is 29.6 Å². The summed E-state index contributed by atoms with van der Waals surface area (Å²) in [5, 5.41) is 12.3. The molecule has 2 aromatic rings. The topological polar surface area (TPSA) is 58.3 Å². The number of nitrogen functional groups attached to an aromatic ring is 1. The first-order valence-electron chi connectivity index (χ1n) is 7.03. The van der Waals surface area contributed by atoms with Crippen LogP contribution in [0.5, 0.6) is 5.75 Å². The quantitative estimate of drug-likeness (QED) is 0.415. The monoisotopic (exact) mass is 364 g/mol. The van der Waals surface area contributed by atoms with Gasteiger partial charge in [-0.25, -0.2) is 0 Å². The zero-order chi connectivity index (χ0) is 18.8. The van der Waals surface area contributed by atoms with Crippen LogP contribution in [0.25, 0.3) is 0 Å². The van der Waals surface area contributed by atoms with Gasteiger partial charge in [0.25, 0.3) is 0 Å². The van der Waals surface area contributed by atoms with Gasteiger partial charge in [-0.15, -0.1) is 0 Å². The Morgan fingerprint density at radius 3 is 2.00 bits per heavy atom. The molecule has 0 aliphatic heterocycles. The van der Waals surface area contributed by atoms with E-state index in [2.05, 4.69) is 5.32 Å². The predicted molar refractivity (Wildman–Crippen MR) is 81.1 cm³/mol. The Balaban J connectivity index is 2.28. The molecular formula is C16H14F6N2O. The van der Waals surface area contributed by atoms with Crippen LogP contribution in [0, 0.1) is 0 Å². The lowest BCUT2D eigenvalue weighted by molar-refractivity contribution is -0.253. The van der Waals surface area contributed by atoms with Gasteiger partial charge in [-0.3, -0.25) is 0 Å². The van der Waals surface area contributed by atoms with E-state index in [0.29, 0.717) is 23.4 Å². The predicted octanol–water partition coefficient (Wildman–Crippen LogP) is 4.79. The maximum absolute atomic E-state index is 12.8. The van der Waals surface area contributed by atoms with Gasteiger partial charge in [0, 0.05) is 12.2 Å². The fraction of sp³-hybridized carbons (Fsp3) is 0.250. The molecule has 0 aromatic heterocycles. The van der Waals surface area contributed by atoms with Crippen LogP contribution in [0.15, 0.2) is 42.5 Å². The van der Waals surface area contributed by atoms with E-state index in [1.54, 1.807) is 24.3 Å². The van der Waals surface area contributed by atoms with E-state index in [1.165, 1.54) is 0 Å². The molecule has 0 saturated heterocycles. The van der Waals surface area contributed by atoms with Crippen molar-refractivity contribution in [3.63, 3.8) is 0 Å². The summed E-state index contributed by atoms with van der Waals surface area (Å²) in [6, 6.07) is 8.51.